The van der Waals surface area contributed by atoms with Crippen molar-refractivity contribution in [3.05, 3.63) is 28.2 Å². The summed E-state index contributed by atoms with van der Waals surface area (Å²) in [5, 5.41) is 0.226. The van der Waals surface area contributed by atoms with E-state index >= 15 is 0 Å². The average molecular weight is 379 g/mol. The lowest BCUT2D eigenvalue weighted by molar-refractivity contribution is -0.137. The second-order valence-electron chi connectivity index (χ2n) is 4.45. The van der Waals surface area contributed by atoms with Crippen LogP contribution in [0.4, 0.5) is 13.2 Å². The quantitative estimate of drug-likeness (QED) is 0.673. The first kappa shape index (κ1) is 18.9. The zero-order valence-corrected chi connectivity index (χ0v) is 14.5. The summed E-state index contributed by atoms with van der Waals surface area (Å²) in [5.74, 6) is 0. The highest BCUT2D eigenvalue weighted by Crippen LogP contribution is 2.38. The summed E-state index contributed by atoms with van der Waals surface area (Å²) in [6.45, 7) is 6.30. The molecule has 0 aliphatic heterocycles. The van der Waals surface area contributed by atoms with E-state index in [1.165, 1.54) is 19.4 Å². The van der Waals surface area contributed by atoms with Gasteiger partial charge in [-0.2, -0.15) is 13.2 Å². The normalized spacial score (nSPS) is 12.1. The summed E-state index contributed by atoms with van der Waals surface area (Å²) in [6, 6.07) is 3.36. The predicted molar refractivity (Wildman–Crippen MR) is 79.1 cm³/mol. The van der Waals surface area contributed by atoms with E-state index in [-0.39, 0.29) is 9.78 Å². The van der Waals surface area contributed by atoms with Gasteiger partial charge in [-0.05, 0) is 44.9 Å². The van der Waals surface area contributed by atoms with Crippen LogP contribution >= 0.6 is 30.9 Å². The smallest absolute Gasteiger partial charge is 0.327 e. The number of hydrogen-bond donors (Lipinski definition) is 0. The van der Waals surface area contributed by atoms with Gasteiger partial charge in [-0.15, -0.1) is 0 Å². The van der Waals surface area contributed by atoms with E-state index in [0.29, 0.717) is 0 Å². The van der Waals surface area contributed by atoms with Gasteiger partial charge >= 0.3 is 6.18 Å². The molecular weight excluding hydrogens is 363 g/mol. The maximum Gasteiger partial charge on any atom is 0.416 e. The molecule has 0 saturated heterocycles. The fourth-order valence-electron chi connectivity index (χ4n) is 1.05. The molecule has 0 bridgehead atoms. The number of alkyl halides is 3. The molecule has 0 atom stereocenters. The van der Waals surface area contributed by atoms with Crippen LogP contribution in [0.5, 0.6) is 0 Å². The number of rotatable bonds is 1. The number of benzene rings is 1. The van der Waals surface area contributed by atoms with Crippen LogP contribution in [0.3, 0.4) is 0 Å². The molecule has 1 aromatic rings. The highest BCUT2D eigenvalue weighted by atomic mass is 79.9. The van der Waals surface area contributed by atoms with E-state index in [4.69, 9.17) is 0 Å². The Balaban J connectivity index is 0.000000711. The van der Waals surface area contributed by atoms with Gasteiger partial charge in [0.15, 0.2) is 0 Å². The molecule has 0 fully saturated rings. The largest absolute Gasteiger partial charge is 0.416 e. The lowest BCUT2D eigenvalue weighted by Crippen LogP contribution is -2.11. The van der Waals surface area contributed by atoms with Crippen molar-refractivity contribution in [3.63, 3.8) is 0 Å². The molecule has 0 aliphatic carbocycles. The fraction of sp³-hybridized carbons (Fsp3) is 0.455. The molecule has 0 spiro atoms. The topological polar surface area (TPSA) is 34.1 Å². The van der Waals surface area contributed by atoms with Gasteiger partial charge in [-0.1, -0.05) is 15.9 Å². The minimum Gasteiger partial charge on any atom is -0.327 e. The van der Waals surface area contributed by atoms with E-state index < -0.39 is 26.7 Å². The third-order valence-corrected chi connectivity index (χ3v) is 3.79. The first-order chi connectivity index (χ1) is 8.34. The Morgan fingerprint density at radius 3 is 1.89 bits per heavy atom. The highest BCUT2D eigenvalue weighted by molar-refractivity contribution is 9.10. The van der Waals surface area contributed by atoms with Crippen LogP contribution in [0.2, 0.25) is 0 Å². The van der Waals surface area contributed by atoms with E-state index in [9.17, 15) is 22.3 Å². The molecule has 8 heteroatoms. The lowest BCUT2D eigenvalue weighted by atomic mass is 10.2. The molecule has 2 nitrogen and oxygen atoms in total. The molecule has 1 aromatic carbocycles. The van der Waals surface area contributed by atoms with Crippen molar-refractivity contribution in [1.29, 1.82) is 0 Å². The highest BCUT2D eigenvalue weighted by Gasteiger charge is 2.32. The van der Waals surface area contributed by atoms with Crippen LogP contribution in [0, 0.1) is 0 Å². The molecule has 0 radical (unpaired) electrons. The average Bonchev–Trinajstić information content (AvgIpc) is 2.12. The molecule has 0 amide bonds. The van der Waals surface area contributed by atoms with Gasteiger partial charge in [0.25, 0.3) is 0 Å². The minimum atomic E-state index is -4.41. The monoisotopic (exact) mass is 378 g/mol. The fourth-order valence-corrected chi connectivity index (χ4v) is 2.62. The Hall–Kier alpha value is -0.0500. The Kier molecular flexibility index (Phi) is 7.08. The van der Waals surface area contributed by atoms with E-state index in [1.54, 1.807) is 13.3 Å². The summed E-state index contributed by atoms with van der Waals surface area (Å²) in [6.07, 6.45) is -4.41. The Labute approximate surface area is 120 Å². The summed E-state index contributed by atoms with van der Waals surface area (Å²) in [7, 11) is -3.80. The van der Waals surface area contributed by atoms with E-state index in [0.717, 1.165) is 12.1 Å². The first-order valence-corrected chi connectivity index (χ1v) is 11.0. The lowest BCUT2D eigenvalue weighted by Gasteiger charge is -2.12. The van der Waals surface area contributed by atoms with Gasteiger partial charge in [-0.25, -0.2) is 0 Å². The van der Waals surface area contributed by atoms with Crippen LogP contribution in [0.1, 0.15) is 5.56 Å². The standard InChI is InChI=1S/C9H9BrF3OP.C2H7OP/c1-15(2,14)8-4-6(9(11,12)13)3-7(10)5-8;1-4(2)3/h3-5H,1-2H3;4H,1-2H3. The van der Waals surface area contributed by atoms with Gasteiger partial charge in [0.1, 0.15) is 7.14 Å². The van der Waals surface area contributed by atoms with Gasteiger partial charge < -0.3 is 9.13 Å². The van der Waals surface area contributed by atoms with Crippen LogP contribution in [0.25, 0.3) is 0 Å². The number of halogens is 4. The van der Waals surface area contributed by atoms with Gasteiger partial charge in [0.05, 0.1) is 13.4 Å². The van der Waals surface area contributed by atoms with Crippen molar-refractivity contribution in [3.8, 4) is 0 Å². The third kappa shape index (κ3) is 7.96. The second kappa shape index (κ2) is 7.10. The second-order valence-corrected chi connectivity index (χ2v) is 10.4. The summed E-state index contributed by atoms with van der Waals surface area (Å²) < 4.78 is 58.9. The van der Waals surface area contributed by atoms with Crippen molar-refractivity contribution >= 4 is 36.2 Å². The van der Waals surface area contributed by atoms with Crippen molar-refractivity contribution in [2.75, 3.05) is 26.7 Å². The SMILES string of the molecule is CP(C)(=O)c1cc(Br)cc(C(F)(F)F)c1.C[PH](C)=O. The number of hydrogen-bond acceptors (Lipinski definition) is 2. The molecule has 110 valence electrons. The molecule has 0 heterocycles. The van der Waals surface area contributed by atoms with Crippen molar-refractivity contribution in [1.82, 2.24) is 0 Å². The maximum absolute atomic E-state index is 12.4. The van der Waals surface area contributed by atoms with Gasteiger partial charge in [-0.3, -0.25) is 0 Å². The molecule has 1 rings (SSSR count). The molecule has 0 saturated carbocycles. The third-order valence-electron chi connectivity index (χ3n) is 1.83. The van der Waals surface area contributed by atoms with Crippen molar-refractivity contribution in [2.45, 2.75) is 6.18 Å². The zero-order valence-electron chi connectivity index (χ0n) is 11.0. The van der Waals surface area contributed by atoms with Crippen LogP contribution < -0.4 is 5.30 Å². The van der Waals surface area contributed by atoms with Crippen LogP contribution in [-0.2, 0) is 15.3 Å². The Morgan fingerprint density at radius 2 is 1.58 bits per heavy atom. The van der Waals surface area contributed by atoms with Crippen molar-refractivity contribution < 1.29 is 22.3 Å². The van der Waals surface area contributed by atoms with Crippen LogP contribution in [0.15, 0.2) is 22.7 Å². The first-order valence-electron chi connectivity index (χ1n) is 5.24. The van der Waals surface area contributed by atoms with Gasteiger partial charge in [0, 0.05) is 9.78 Å². The molecule has 19 heavy (non-hydrogen) atoms. The Morgan fingerprint density at radius 1 is 1.16 bits per heavy atom. The van der Waals surface area contributed by atoms with E-state index in [2.05, 4.69) is 15.9 Å². The minimum absolute atomic E-state index is 0.226. The summed E-state index contributed by atoms with van der Waals surface area (Å²) in [5.41, 5.74) is -0.782. The summed E-state index contributed by atoms with van der Waals surface area (Å²) in [4.78, 5) is 0. The molecule has 0 aromatic heterocycles. The molecular formula is C11H16BrF3O2P2. The maximum atomic E-state index is 12.4. The van der Waals surface area contributed by atoms with Gasteiger partial charge in [0.2, 0.25) is 0 Å². The molecule has 0 unspecified atom stereocenters. The molecule has 0 N–H and O–H groups in total. The van der Waals surface area contributed by atoms with E-state index in [1.807, 2.05) is 0 Å². The van der Waals surface area contributed by atoms with Crippen LogP contribution in [-0.4, -0.2) is 26.7 Å². The predicted octanol–water partition coefficient (Wildman–Crippen LogP) is 4.52. The summed E-state index contributed by atoms with van der Waals surface area (Å²) >= 11 is 2.98. The Bertz CT molecular complexity index is 505. The molecule has 0 aliphatic rings. The zero-order chi connectivity index (χ0) is 15.4. The van der Waals surface area contributed by atoms with Crippen molar-refractivity contribution in [2.24, 2.45) is 0 Å².